The van der Waals surface area contributed by atoms with E-state index in [1.807, 2.05) is 6.20 Å². The summed E-state index contributed by atoms with van der Waals surface area (Å²) in [5.74, 6) is 0.760. The molecule has 0 aromatic carbocycles. The van der Waals surface area contributed by atoms with Crippen molar-refractivity contribution in [2.24, 2.45) is 10.9 Å². The molecule has 2 heteroatoms. The number of hydrogen-bond donors (Lipinski definition) is 1. The molecule has 0 spiro atoms. The average molecular weight is 196 g/mol. The highest BCUT2D eigenvalue weighted by molar-refractivity contribution is 5.82. The van der Waals surface area contributed by atoms with Crippen molar-refractivity contribution in [2.75, 3.05) is 6.54 Å². The summed E-state index contributed by atoms with van der Waals surface area (Å²) in [5.41, 5.74) is 2.33. The van der Waals surface area contributed by atoms with Crippen LogP contribution < -0.4 is 5.32 Å². The number of allylic oxidation sites excluding steroid dienone is 1. The molecule has 0 radical (unpaired) electrons. The van der Waals surface area contributed by atoms with Crippen LogP contribution in [0.3, 0.4) is 0 Å². The smallest absolute Gasteiger partial charge is 0.0453 e. The van der Waals surface area contributed by atoms with Crippen molar-refractivity contribution < 1.29 is 0 Å². The van der Waals surface area contributed by atoms with Crippen molar-refractivity contribution in [3.8, 4) is 0 Å². The Balaban J connectivity index is 3.78. The number of rotatable bonds is 6. The van der Waals surface area contributed by atoms with Crippen molar-refractivity contribution in [3.05, 3.63) is 11.9 Å². The molecule has 1 N–H and O–H groups in total. The lowest BCUT2D eigenvalue weighted by molar-refractivity contribution is 0.563. The number of aliphatic imine (C=N–C) groups is 1. The first-order valence-electron chi connectivity index (χ1n) is 5.50. The zero-order valence-corrected chi connectivity index (χ0v) is 10.2. The fourth-order valence-electron chi connectivity index (χ4n) is 0.902. The van der Waals surface area contributed by atoms with E-state index >= 15 is 0 Å². The Morgan fingerprint density at radius 3 is 2.50 bits per heavy atom. The lowest BCUT2D eigenvalue weighted by Gasteiger charge is -2.07. The Morgan fingerprint density at radius 1 is 1.36 bits per heavy atom. The Hall–Kier alpha value is -0.790. The van der Waals surface area contributed by atoms with Crippen LogP contribution in [0, 0.1) is 5.92 Å². The quantitative estimate of drug-likeness (QED) is 0.647. The third-order valence-electron chi connectivity index (χ3n) is 2.12. The molecule has 0 aliphatic heterocycles. The number of nitrogens with zero attached hydrogens (tertiary/aromatic N) is 1. The second kappa shape index (κ2) is 7.60. The summed E-state index contributed by atoms with van der Waals surface area (Å²) in [5, 5.41) is 3.35. The van der Waals surface area contributed by atoms with Gasteiger partial charge in [0.2, 0.25) is 0 Å². The molecule has 0 fully saturated rings. The van der Waals surface area contributed by atoms with E-state index in [0.29, 0.717) is 0 Å². The molecule has 0 heterocycles. The summed E-state index contributed by atoms with van der Waals surface area (Å²) >= 11 is 0. The van der Waals surface area contributed by atoms with Gasteiger partial charge >= 0.3 is 0 Å². The molecular weight excluding hydrogens is 172 g/mol. The van der Waals surface area contributed by atoms with Gasteiger partial charge in [0.1, 0.15) is 0 Å². The van der Waals surface area contributed by atoms with Crippen LogP contribution in [0.15, 0.2) is 16.9 Å². The lowest BCUT2D eigenvalue weighted by atomic mass is 10.1. The summed E-state index contributed by atoms with van der Waals surface area (Å²) < 4.78 is 0. The standard InChI is InChI=1S/C12H24N2/c1-6-11(4)14-9-12(5)13-8-7-10(2)3/h9-10,13H,6-8H2,1-5H3/b12-9-,14-11?. The Kier molecular flexibility index (Phi) is 7.17. The molecule has 0 aromatic heterocycles. The van der Waals surface area contributed by atoms with Crippen LogP contribution in [0.25, 0.3) is 0 Å². The van der Waals surface area contributed by atoms with Crippen LogP contribution in [0.1, 0.15) is 47.5 Å². The predicted octanol–water partition coefficient (Wildman–Crippen LogP) is 3.35. The monoisotopic (exact) mass is 196 g/mol. The van der Waals surface area contributed by atoms with E-state index in [4.69, 9.17) is 0 Å². The maximum atomic E-state index is 4.33. The maximum Gasteiger partial charge on any atom is 0.0453 e. The second-order valence-corrected chi connectivity index (χ2v) is 4.14. The summed E-state index contributed by atoms with van der Waals surface area (Å²) in [6.45, 7) is 11.7. The topological polar surface area (TPSA) is 24.4 Å². The van der Waals surface area contributed by atoms with E-state index in [2.05, 4.69) is 44.9 Å². The van der Waals surface area contributed by atoms with Gasteiger partial charge in [0.15, 0.2) is 0 Å². The Morgan fingerprint density at radius 2 is 2.00 bits per heavy atom. The van der Waals surface area contributed by atoms with Crippen molar-refractivity contribution in [1.29, 1.82) is 0 Å². The van der Waals surface area contributed by atoms with E-state index in [1.165, 1.54) is 12.1 Å². The summed E-state index contributed by atoms with van der Waals surface area (Å²) in [4.78, 5) is 4.33. The predicted molar refractivity (Wildman–Crippen MR) is 64.6 cm³/mol. The first kappa shape index (κ1) is 13.2. The highest BCUT2D eigenvalue weighted by Crippen LogP contribution is 1.98. The van der Waals surface area contributed by atoms with Gasteiger partial charge in [-0.1, -0.05) is 20.8 Å². The van der Waals surface area contributed by atoms with Gasteiger partial charge in [-0.15, -0.1) is 0 Å². The zero-order chi connectivity index (χ0) is 11.0. The van der Waals surface area contributed by atoms with Gasteiger partial charge in [0.25, 0.3) is 0 Å². The molecule has 0 rings (SSSR count). The maximum absolute atomic E-state index is 4.33. The highest BCUT2D eigenvalue weighted by Gasteiger charge is 1.93. The molecule has 0 aliphatic carbocycles. The fourth-order valence-corrected chi connectivity index (χ4v) is 0.902. The van der Waals surface area contributed by atoms with Crippen LogP contribution in [-0.2, 0) is 0 Å². The molecule has 0 bridgehead atoms. The van der Waals surface area contributed by atoms with Crippen molar-refractivity contribution in [2.45, 2.75) is 47.5 Å². The third kappa shape index (κ3) is 7.84. The minimum Gasteiger partial charge on any atom is -0.387 e. The van der Waals surface area contributed by atoms with E-state index in [0.717, 1.165) is 24.6 Å². The Bertz CT molecular complexity index is 202. The Labute approximate surface area is 88.5 Å². The first-order chi connectivity index (χ1) is 6.56. The molecule has 82 valence electrons. The van der Waals surface area contributed by atoms with Gasteiger partial charge in [0, 0.05) is 24.2 Å². The highest BCUT2D eigenvalue weighted by atomic mass is 14.9. The van der Waals surface area contributed by atoms with Gasteiger partial charge < -0.3 is 5.32 Å². The number of nitrogens with one attached hydrogen (secondary N) is 1. The molecule has 0 atom stereocenters. The van der Waals surface area contributed by atoms with Crippen LogP contribution in [-0.4, -0.2) is 12.3 Å². The van der Waals surface area contributed by atoms with E-state index in [9.17, 15) is 0 Å². The molecule has 0 saturated carbocycles. The molecular formula is C12H24N2. The zero-order valence-electron chi connectivity index (χ0n) is 10.2. The molecule has 0 aliphatic rings. The first-order valence-corrected chi connectivity index (χ1v) is 5.50. The minimum atomic E-state index is 0.760. The molecule has 2 nitrogen and oxygen atoms in total. The van der Waals surface area contributed by atoms with Gasteiger partial charge in [-0.3, -0.25) is 4.99 Å². The molecule has 0 aromatic rings. The van der Waals surface area contributed by atoms with Crippen LogP contribution in [0.4, 0.5) is 0 Å². The van der Waals surface area contributed by atoms with Crippen LogP contribution >= 0.6 is 0 Å². The number of hydrogen-bond acceptors (Lipinski definition) is 2. The summed E-state index contributed by atoms with van der Waals surface area (Å²) in [7, 11) is 0. The third-order valence-corrected chi connectivity index (χ3v) is 2.12. The summed E-state index contributed by atoms with van der Waals surface area (Å²) in [6.07, 6.45) is 4.15. The lowest BCUT2D eigenvalue weighted by Crippen LogP contribution is -2.14. The van der Waals surface area contributed by atoms with Crippen molar-refractivity contribution in [3.63, 3.8) is 0 Å². The molecule has 14 heavy (non-hydrogen) atoms. The van der Waals surface area contributed by atoms with Gasteiger partial charge in [-0.2, -0.15) is 0 Å². The van der Waals surface area contributed by atoms with E-state index in [-0.39, 0.29) is 0 Å². The minimum absolute atomic E-state index is 0.760. The molecule has 0 saturated heterocycles. The van der Waals surface area contributed by atoms with Crippen LogP contribution in [0.2, 0.25) is 0 Å². The van der Waals surface area contributed by atoms with E-state index < -0.39 is 0 Å². The van der Waals surface area contributed by atoms with Crippen molar-refractivity contribution >= 4 is 5.71 Å². The molecule has 0 amide bonds. The summed E-state index contributed by atoms with van der Waals surface area (Å²) in [6, 6.07) is 0. The van der Waals surface area contributed by atoms with Crippen LogP contribution in [0.5, 0.6) is 0 Å². The van der Waals surface area contributed by atoms with Crippen molar-refractivity contribution in [1.82, 2.24) is 5.32 Å². The van der Waals surface area contributed by atoms with Gasteiger partial charge in [0.05, 0.1) is 0 Å². The average Bonchev–Trinajstić information content (AvgIpc) is 2.13. The SMILES string of the molecule is CCC(C)=N/C=C(/C)NCCC(C)C. The van der Waals surface area contributed by atoms with E-state index in [1.54, 1.807) is 0 Å². The van der Waals surface area contributed by atoms with Gasteiger partial charge in [-0.25, -0.2) is 0 Å². The largest absolute Gasteiger partial charge is 0.387 e. The normalized spacial score (nSPS) is 13.6. The fraction of sp³-hybridized carbons (Fsp3) is 0.750. The van der Waals surface area contributed by atoms with Gasteiger partial charge in [-0.05, 0) is 32.6 Å². The molecule has 0 unspecified atom stereocenters. The second-order valence-electron chi connectivity index (χ2n) is 4.14.